The highest BCUT2D eigenvalue weighted by molar-refractivity contribution is 5.96. The number of aromatic nitrogens is 4. The molecule has 0 spiro atoms. The predicted molar refractivity (Wildman–Crippen MR) is 146 cm³/mol. The Labute approximate surface area is 238 Å². The molecule has 1 saturated carbocycles. The van der Waals surface area contributed by atoms with E-state index in [1.807, 2.05) is 16.5 Å². The second kappa shape index (κ2) is 10.7. The molecule has 2 aliphatic rings. The van der Waals surface area contributed by atoms with Gasteiger partial charge in [-0.3, -0.25) is 4.79 Å². The molecule has 1 amide bonds. The molecule has 0 radical (unpaired) electrons. The van der Waals surface area contributed by atoms with Crippen molar-refractivity contribution < 1.29 is 32.0 Å². The molecule has 42 heavy (non-hydrogen) atoms. The predicted octanol–water partition coefficient (Wildman–Crippen LogP) is 3.92. The van der Waals surface area contributed by atoms with E-state index in [1.165, 1.54) is 6.07 Å². The SMILES string of the molecule is CN1CC[C@@H](Nc2cccc3c2cc(-c2noc(CNC(=O)c4ccn(C5(CO)CC5)c4)n2)n3CC(F)(F)F)[C@@H](F)C1. The molecule has 1 saturated heterocycles. The quantitative estimate of drug-likeness (QED) is 0.254. The van der Waals surface area contributed by atoms with Crippen LogP contribution < -0.4 is 10.6 Å². The topological polar surface area (TPSA) is 113 Å². The molecule has 14 heteroatoms. The molecular formula is C28H31F4N7O3. The molecular weight excluding hydrogens is 558 g/mol. The smallest absolute Gasteiger partial charge is 0.394 e. The maximum absolute atomic E-state index is 14.7. The minimum atomic E-state index is -4.53. The van der Waals surface area contributed by atoms with Crippen molar-refractivity contribution in [1.82, 2.24) is 29.5 Å². The van der Waals surface area contributed by atoms with Crippen molar-refractivity contribution >= 4 is 22.5 Å². The molecule has 0 unspecified atom stereocenters. The fourth-order valence-electron chi connectivity index (χ4n) is 5.52. The highest BCUT2D eigenvalue weighted by atomic mass is 19.4. The molecule has 3 N–H and O–H groups in total. The number of piperidine rings is 1. The van der Waals surface area contributed by atoms with E-state index in [0.717, 1.165) is 17.4 Å². The van der Waals surface area contributed by atoms with Crippen molar-refractivity contribution in [3.05, 3.63) is 54.2 Å². The number of aliphatic hydroxyl groups excluding tert-OH is 1. The van der Waals surface area contributed by atoms with Crippen LogP contribution in [0.2, 0.25) is 0 Å². The number of alkyl halides is 4. The average molecular weight is 590 g/mol. The standard InChI is InChI=1S/C28H31F4N7O3/c1-37-9-6-21(19(29)14-37)34-20-3-2-4-22-18(20)11-23(39(22)15-28(30,31)32)25-35-24(42-36-25)12-33-26(41)17-5-10-38(13-17)27(16-40)7-8-27/h2-5,10-11,13,19,21,34,40H,6-9,12,14-16H2,1H3,(H,33,41)/t19-,21+/m0/s1. The molecule has 0 bridgehead atoms. The molecule has 1 aliphatic carbocycles. The number of aliphatic hydroxyl groups is 1. The van der Waals surface area contributed by atoms with Crippen molar-refractivity contribution in [2.45, 2.75) is 56.3 Å². The Balaban J connectivity index is 1.23. The van der Waals surface area contributed by atoms with Gasteiger partial charge >= 0.3 is 6.18 Å². The van der Waals surface area contributed by atoms with Crippen LogP contribution in [-0.4, -0.2) is 80.3 Å². The Morgan fingerprint density at radius 2 is 2.07 bits per heavy atom. The maximum Gasteiger partial charge on any atom is 0.406 e. The molecule has 4 heterocycles. The monoisotopic (exact) mass is 589 g/mol. The fourth-order valence-corrected chi connectivity index (χ4v) is 5.52. The van der Waals surface area contributed by atoms with Crippen molar-refractivity contribution in [2.24, 2.45) is 0 Å². The van der Waals surface area contributed by atoms with Gasteiger partial charge in [0, 0.05) is 36.6 Å². The largest absolute Gasteiger partial charge is 0.406 e. The lowest BCUT2D eigenvalue weighted by atomic mass is 10.0. The minimum absolute atomic E-state index is 0.00925. The van der Waals surface area contributed by atoms with E-state index < -0.39 is 30.8 Å². The van der Waals surface area contributed by atoms with E-state index in [0.29, 0.717) is 29.6 Å². The summed E-state index contributed by atoms with van der Waals surface area (Å²) < 4.78 is 63.9. The number of hydrogen-bond donors (Lipinski definition) is 3. The van der Waals surface area contributed by atoms with E-state index in [4.69, 9.17) is 4.52 Å². The number of halogens is 4. The number of carbonyl (C=O) groups excluding carboxylic acids is 1. The summed E-state index contributed by atoms with van der Waals surface area (Å²) in [6.45, 7) is -0.466. The van der Waals surface area contributed by atoms with Gasteiger partial charge in [-0.25, -0.2) is 4.39 Å². The van der Waals surface area contributed by atoms with Gasteiger partial charge in [0.15, 0.2) is 0 Å². The summed E-state index contributed by atoms with van der Waals surface area (Å²) in [5, 5.41) is 19.9. The molecule has 3 aromatic heterocycles. The third-order valence-corrected chi connectivity index (χ3v) is 8.09. The van der Waals surface area contributed by atoms with Crippen LogP contribution in [-0.2, 0) is 18.6 Å². The van der Waals surface area contributed by atoms with Gasteiger partial charge in [0.2, 0.25) is 11.7 Å². The van der Waals surface area contributed by atoms with Crippen LogP contribution in [0.5, 0.6) is 0 Å². The Morgan fingerprint density at radius 3 is 2.79 bits per heavy atom. The van der Waals surface area contributed by atoms with Gasteiger partial charge in [0.05, 0.1) is 41.5 Å². The number of likely N-dealkylation sites (tertiary alicyclic amines) is 1. The second-order valence-corrected chi connectivity index (χ2v) is 11.2. The lowest BCUT2D eigenvalue weighted by Gasteiger charge is -2.33. The first kappa shape index (κ1) is 28.2. The molecule has 10 nitrogen and oxygen atoms in total. The number of nitrogens with zero attached hydrogens (tertiary/aromatic N) is 5. The van der Waals surface area contributed by atoms with E-state index in [9.17, 15) is 27.5 Å². The van der Waals surface area contributed by atoms with Crippen LogP contribution in [0, 0.1) is 0 Å². The fraction of sp³-hybridized carbons (Fsp3) is 0.464. The Hall–Kier alpha value is -3.91. The highest BCUT2D eigenvalue weighted by Crippen LogP contribution is 2.43. The van der Waals surface area contributed by atoms with Gasteiger partial charge in [-0.2, -0.15) is 18.2 Å². The maximum atomic E-state index is 14.7. The highest BCUT2D eigenvalue weighted by Gasteiger charge is 2.43. The number of anilines is 1. The number of benzene rings is 1. The van der Waals surface area contributed by atoms with Crippen molar-refractivity contribution in [3.63, 3.8) is 0 Å². The lowest BCUT2D eigenvalue weighted by molar-refractivity contribution is -0.139. The third kappa shape index (κ3) is 5.60. The summed E-state index contributed by atoms with van der Waals surface area (Å²) in [5.74, 6) is -0.456. The number of fused-ring (bicyclic) bond motifs is 1. The summed E-state index contributed by atoms with van der Waals surface area (Å²) in [6.07, 6.45) is -0.0382. The first-order chi connectivity index (χ1) is 20.0. The van der Waals surface area contributed by atoms with Crippen molar-refractivity contribution in [3.8, 4) is 11.5 Å². The first-order valence-electron chi connectivity index (χ1n) is 13.7. The number of hydrogen-bond acceptors (Lipinski definition) is 7. The summed E-state index contributed by atoms with van der Waals surface area (Å²) in [7, 11) is 1.84. The van der Waals surface area contributed by atoms with Gasteiger partial charge in [0.1, 0.15) is 12.7 Å². The molecule has 1 aliphatic heterocycles. The number of amides is 1. The Kier molecular flexibility index (Phi) is 7.21. The number of carbonyl (C=O) groups is 1. The normalized spacial score (nSPS) is 20.6. The minimum Gasteiger partial charge on any atom is -0.394 e. The van der Waals surface area contributed by atoms with E-state index in [2.05, 4.69) is 20.8 Å². The number of nitrogens with one attached hydrogen (secondary N) is 2. The molecule has 2 atom stereocenters. The van der Waals surface area contributed by atoms with Crippen LogP contribution in [0.25, 0.3) is 22.4 Å². The number of rotatable bonds is 9. The van der Waals surface area contributed by atoms with Gasteiger partial charge in [-0.1, -0.05) is 11.2 Å². The molecule has 4 aromatic rings. The van der Waals surface area contributed by atoms with Crippen LogP contribution >= 0.6 is 0 Å². The van der Waals surface area contributed by atoms with Crippen LogP contribution in [0.4, 0.5) is 23.2 Å². The summed E-state index contributed by atoms with van der Waals surface area (Å²) in [4.78, 5) is 18.8. The Bertz CT molecular complexity index is 1590. The summed E-state index contributed by atoms with van der Waals surface area (Å²) in [5.41, 5.74) is 0.930. The Morgan fingerprint density at radius 1 is 1.26 bits per heavy atom. The van der Waals surface area contributed by atoms with Crippen LogP contribution in [0.3, 0.4) is 0 Å². The zero-order valence-corrected chi connectivity index (χ0v) is 22.9. The molecule has 2 fully saturated rings. The van der Waals surface area contributed by atoms with Gasteiger partial charge < -0.3 is 34.3 Å². The zero-order chi connectivity index (χ0) is 29.6. The zero-order valence-electron chi connectivity index (χ0n) is 22.9. The summed E-state index contributed by atoms with van der Waals surface area (Å²) in [6, 6.07) is 7.60. The van der Waals surface area contributed by atoms with E-state index in [1.54, 1.807) is 36.7 Å². The third-order valence-electron chi connectivity index (χ3n) is 8.09. The van der Waals surface area contributed by atoms with Crippen LogP contribution in [0.1, 0.15) is 35.5 Å². The molecule has 224 valence electrons. The van der Waals surface area contributed by atoms with Crippen molar-refractivity contribution in [2.75, 3.05) is 32.1 Å². The average Bonchev–Trinajstić information content (AvgIpc) is 3.27. The second-order valence-electron chi connectivity index (χ2n) is 11.2. The lowest BCUT2D eigenvalue weighted by Crippen LogP contribution is -2.46. The first-order valence-corrected chi connectivity index (χ1v) is 13.7. The summed E-state index contributed by atoms with van der Waals surface area (Å²) >= 11 is 0. The molecule has 6 rings (SSSR count). The van der Waals surface area contributed by atoms with Crippen molar-refractivity contribution in [1.29, 1.82) is 0 Å². The van der Waals surface area contributed by atoms with Crippen LogP contribution in [0.15, 0.2) is 47.2 Å². The van der Waals surface area contributed by atoms with Gasteiger partial charge in [0.25, 0.3) is 5.91 Å². The van der Waals surface area contributed by atoms with E-state index in [-0.39, 0.29) is 48.2 Å². The molecule has 1 aromatic carbocycles. The van der Waals surface area contributed by atoms with Gasteiger partial charge in [-0.05, 0) is 50.6 Å². The van der Waals surface area contributed by atoms with E-state index >= 15 is 0 Å². The van der Waals surface area contributed by atoms with Gasteiger partial charge in [-0.15, -0.1) is 0 Å².